The molecule has 0 atom stereocenters. The molecule has 0 heterocycles. The minimum atomic E-state index is -0.762. The van der Waals surface area contributed by atoms with E-state index in [4.69, 9.17) is 16.2 Å². The second kappa shape index (κ2) is 6.42. The molecule has 0 unspecified atom stereocenters. The number of ether oxygens (including phenoxy) is 1. The lowest BCUT2D eigenvalue weighted by Gasteiger charge is -2.07. The molecule has 0 radical (unpaired) electrons. The van der Waals surface area contributed by atoms with Gasteiger partial charge in [0.15, 0.2) is 0 Å². The summed E-state index contributed by atoms with van der Waals surface area (Å²) in [5.74, 6) is -1.44. The summed E-state index contributed by atoms with van der Waals surface area (Å²) in [5.41, 5.74) is 12.7. The summed E-state index contributed by atoms with van der Waals surface area (Å²) in [6, 6.07) is 13.4. The van der Waals surface area contributed by atoms with E-state index in [0.717, 1.165) is 5.69 Å². The molecule has 0 amide bonds. The first kappa shape index (κ1) is 14.4. The number of benzene rings is 2. The van der Waals surface area contributed by atoms with Gasteiger partial charge in [-0.3, -0.25) is 0 Å². The SMILES string of the molecule is Nc1ccc(C(=O)OC(=O)CNc2ccccc2)cc1N. The van der Waals surface area contributed by atoms with Crippen molar-refractivity contribution in [3.05, 3.63) is 54.1 Å². The highest BCUT2D eigenvalue weighted by molar-refractivity contribution is 5.98. The normalized spacial score (nSPS) is 9.90. The van der Waals surface area contributed by atoms with Gasteiger partial charge in [-0.25, -0.2) is 9.59 Å². The van der Waals surface area contributed by atoms with Gasteiger partial charge in [0.25, 0.3) is 0 Å². The molecule has 0 spiro atoms. The first-order chi connectivity index (χ1) is 10.1. The van der Waals surface area contributed by atoms with Gasteiger partial charge in [0.2, 0.25) is 0 Å². The molecule has 5 N–H and O–H groups in total. The van der Waals surface area contributed by atoms with Gasteiger partial charge in [-0.2, -0.15) is 0 Å². The van der Waals surface area contributed by atoms with Crippen LogP contribution in [0.25, 0.3) is 0 Å². The van der Waals surface area contributed by atoms with Gasteiger partial charge in [-0.05, 0) is 30.3 Å². The average Bonchev–Trinajstić information content (AvgIpc) is 2.49. The van der Waals surface area contributed by atoms with Gasteiger partial charge in [-0.1, -0.05) is 18.2 Å². The zero-order valence-electron chi connectivity index (χ0n) is 11.2. The molecular formula is C15H15N3O3. The van der Waals surface area contributed by atoms with E-state index in [1.54, 1.807) is 12.1 Å². The van der Waals surface area contributed by atoms with Crippen LogP contribution in [-0.4, -0.2) is 18.5 Å². The molecule has 0 saturated carbocycles. The standard InChI is InChI=1S/C15H15N3O3/c16-12-7-6-10(8-13(12)17)15(20)21-14(19)9-18-11-4-2-1-3-5-11/h1-8,18H,9,16-17H2. The zero-order valence-corrected chi connectivity index (χ0v) is 11.2. The minimum Gasteiger partial charge on any atom is -0.397 e. The molecule has 6 nitrogen and oxygen atoms in total. The predicted molar refractivity (Wildman–Crippen MR) is 80.6 cm³/mol. The third-order valence-corrected chi connectivity index (χ3v) is 2.74. The number of nitrogens with one attached hydrogen (secondary N) is 1. The Morgan fingerprint density at radius 1 is 1.00 bits per heavy atom. The summed E-state index contributed by atoms with van der Waals surface area (Å²) in [7, 11) is 0. The number of carbonyl (C=O) groups is 2. The number of rotatable bonds is 4. The topological polar surface area (TPSA) is 107 Å². The lowest BCUT2D eigenvalue weighted by Crippen LogP contribution is -2.20. The minimum absolute atomic E-state index is 0.111. The van der Waals surface area contributed by atoms with Crippen molar-refractivity contribution in [1.82, 2.24) is 0 Å². The van der Waals surface area contributed by atoms with E-state index in [0.29, 0.717) is 5.69 Å². The summed E-state index contributed by atoms with van der Waals surface area (Å²) in [5, 5.41) is 2.85. The number of nitrogen functional groups attached to an aromatic ring is 2. The van der Waals surface area contributed by atoms with Gasteiger partial charge >= 0.3 is 11.9 Å². The smallest absolute Gasteiger partial charge is 0.345 e. The molecule has 0 aromatic heterocycles. The molecule has 0 aliphatic rings. The quantitative estimate of drug-likeness (QED) is 0.448. The number of nitrogens with two attached hydrogens (primary N) is 2. The molecule has 0 aliphatic carbocycles. The molecule has 21 heavy (non-hydrogen) atoms. The number of hydrogen-bond acceptors (Lipinski definition) is 6. The second-order valence-corrected chi connectivity index (χ2v) is 4.32. The third-order valence-electron chi connectivity index (χ3n) is 2.74. The Labute approximate surface area is 121 Å². The van der Waals surface area contributed by atoms with Gasteiger partial charge in [0, 0.05) is 5.69 Å². The fourth-order valence-corrected chi connectivity index (χ4v) is 1.63. The Balaban J connectivity index is 1.90. The van der Waals surface area contributed by atoms with Crippen LogP contribution in [-0.2, 0) is 9.53 Å². The van der Waals surface area contributed by atoms with Gasteiger partial charge in [-0.15, -0.1) is 0 Å². The van der Waals surface area contributed by atoms with Crippen molar-refractivity contribution in [3.63, 3.8) is 0 Å². The number of hydrogen-bond donors (Lipinski definition) is 3. The van der Waals surface area contributed by atoms with Crippen LogP contribution in [0.2, 0.25) is 0 Å². The van der Waals surface area contributed by atoms with Crippen LogP contribution < -0.4 is 16.8 Å². The van der Waals surface area contributed by atoms with Crippen molar-refractivity contribution >= 4 is 29.0 Å². The molecule has 6 heteroatoms. The van der Waals surface area contributed by atoms with Crippen LogP contribution >= 0.6 is 0 Å². The average molecular weight is 285 g/mol. The summed E-state index contributed by atoms with van der Waals surface area (Å²) in [6.07, 6.45) is 0. The molecule has 0 fully saturated rings. The highest BCUT2D eigenvalue weighted by Gasteiger charge is 2.13. The van der Waals surface area contributed by atoms with E-state index in [1.807, 2.05) is 18.2 Å². The van der Waals surface area contributed by atoms with Crippen LogP contribution in [0.15, 0.2) is 48.5 Å². The van der Waals surface area contributed by atoms with Crippen LogP contribution in [0.5, 0.6) is 0 Å². The van der Waals surface area contributed by atoms with Crippen molar-refractivity contribution in [2.45, 2.75) is 0 Å². The number of anilines is 3. The molecule has 2 aromatic rings. The van der Waals surface area contributed by atoms with Crippen molar-refractivity contribution in [3.8, 4) is 0 Å². The molecular weight excluding hydrogens is 270 g/mol. The number of esters is 2. The Bertz CT molecular complexity index is 656. The fourth-order valence-electron chi connectivity index (χ4n) is 1.63. The number of para-hydroxylation sites is 1. The highest BCUT2D eigenvalue weighted by atomic mass is 16.6. The Kier molecular flexibility index (Phi) is 4.40. The maximum atomic E-state index is 11.8. The largest absolute Gasteiger partial charge is 0.397 e. The van der Waals surface area contributed by atoms with E-state index in [2.05, 4.69) is 5.32 Å². The van der Waals surface area contributed by atoms with E-state index >= 15 is 0 Å². The maximum absolute atomic E-state index is 11.8. The second-order valence-electron chi connectivity index (χ2n) is 4.32. The van der Waals surface area contributed by atoms with Crippen molar-refractivity contribution in [2.75, 3.05) is 23.3 Å². The zero-order chi connectivity index (χ0) is 15.2. The Hall–Kier alpha value is -3.02. The lowest BCUT2D eigenvalue weighted by atomic mass is 10.2. The first-order valence-electron chi connectivity index (χ1n) is 6.25. The summed E-state index contributed by atoms with van der Waals surface area (Å²) >= 11 is 0. The Morgan fingerprint density at radius 2 is 1.71 bits per heavy atom. The van der Waals surface area contributed by atoms with Crippen molar-refractivity contribution in [1.29, 1.82) is 0 Å². The van der Waals surface area contributed by atoms with Gasteiger partial charge in [0.1, 0.15) is 6.54 Å². The molecule has 0 aliphatic heterocycles. The monoisotopic (exact) mass is 285 g/mol. The molecule has 0 bridgehead atoms. The van der Waals surface area contributed by atoms with Crippen LogP contribution in [0.4, 0.5) is 17.1 Å². The van der Waals surface area contributed by atoms with E-state index in [9.17, 15) is 9.59 Å². The van der Waals surface area contributed by atoms with Crippen LogP contribution in [0, 0.1) is 0 Å². The molecule has 108 valence electrons. The lowest BCUT2D eigenvalue weighted by molar-refractivity contribution is -0.135. The van der Waals surface area contributed by atoms with Crippen molar-refractivity contribution in [2.24, 2.45) is 0 Å². The molecule has 2 rings (SSSR count). The van der Waals surface area contributed by atoms with Gasteiger partial charge < -0.3 is 21.5 Å². The van der Waals surface area contributed by atoms with Crippen LogP contribution in [0.3, 0.4) is 0 Å². The number of carbonyl (C=O) groups excluding carboxylic acids is 2. The Morgan fingerprint density at radius 3 is 2.38 bits per heavy atom. The highest BCUT2D eigenvalue weighted by Crippen LogP contribution is 2.16. The summed E-state index contributed by atoms with van der Waals surface area (Å²) < 4.78 is 4.72. The third kappa shape index (κ3) is 3.97. The summed E-state index contributed by atoms with van der Waals surface area (Å²) in [6.45, 7) is -0.111. The van der Waals surface area contributed by atoms with E-state index in [1.165, 1.54) is 18.2 Å². The predicted octanol–water partition coefficient (Wildman–Crippen LogP) is 1.65. The van der Waals surface area contributed by atoms with Crippen molar-refractivity contribution < 1.29 is 14.3 Å². The molecule has 0 saturated heterocycles. The molecule has 2 aromatic carbocycles. The first-order valence-corrected chi connectivity index (χ1v) is 6.25. The van der Waals surface area contributed by atoms with Gasteiger partial charge in [0.05, 0.1) is 16.9 Å². The maximum Gasteiger partial charge on any atom is 0.345 e. The van der Waals surface area contributed by atoms with Crippen LogP contribution in [0.1, 0.15) is 10.4 Å². The van der Waals surface area contributed by atoms with E-state index in [-0.39, 0.29) is 17.8 Å². The van der Waals surface area contributed by atoms with E-state index < -0.39 is 11.9 Å². The fraction of sp³-hybridized carbons (Fsp3) is 0.0667. The summed E-state index contributed by atoms with van der Waals surface area (Å²) in [4.78, 5) is 23.4.